The zero-order chi connectivity index (χ0) is 20.5. The third kappa shape index (κ3) is 5.51. The molecule has 8 heteroatoms. The van der Waals surface area contributed by atoms with Crippen LogP contribution in [0, 0.1) is 11.8 Å². The van der Waals surface area contributed by atoms with E-state index in [1.807, 2.05) is 6.07 Å². The molecule has 1 unspecified atom stereocenters. The summed E-state index contributed by atoms with van der Waals surface area (Å²) in [5.74, 6) is 1.16. The number of benzene rings is 1. The van der Waals surface area contributed by atoms with Crippen LogP contribution < -0.4 is 0 Å². The van der Waals surface area contributed by atoms with E-state index in [4.69, 9.17) is 9.72 Å². The van der Waals surface area contributed by atoms with Crippen LogP contribution >= 0.6 is 12.4 Å². The minimum absolute atomic E-state index is 0. The third-order valence-electron chi connectivity index (χ3n) is 5.35. The first-order valence-corrected chi connectivity index (χ1v) is 11.7. The van der Waals surface area contributed by atoms with Gasteiger partial charge in [-0.25, -0.2) is 13.4 Å². The molecular weight excluding hydrogens is 412 g/mol. The van der Waals surface area contributed by atoms with Crippen molar-refractivity contribution >= 4 is 33.3 Å². The average molecular weight is 445 g/mol. The molecule has 0 aliphatic carbocycles. The normalized spacial score (nSPS) is 17.3. The Bertz CT molecular complexity index is 928. The van der Waals surface area contributed by atoms with Gasteiger partial charge in [0.25, 0.3) is 0 Å². The summed E-state index contributed by atoms with van der Waals surface area (Å²) in [4.78, 5) is 5.12. The van der Waals surface area contributed by atoms with E-state index in [9.17, 15) is 13.5 Å². The smallest absolute Gasteiger partial charge is 0.178 e. The second-order valence-electron chi connectivity index (χ2n) is 9.07. The quantitative estimate of drug-likeness (QED) is 0.736. The summed E-state index contributed by atoms with van der Waals surface area (Å²) in [6, 6.07) is 5.24. The monoisotopic (exact) mass is 444 g/mol. The molecule has 1 aliphatic heterocycles. The summed E-state index contributed by atoms with van der Waals surface area (Å²) in [5, 5.41) is 9.21. The standard InChI is InChI=1S/C21H32N2O4S.ClH/c1-15(13-24)14-28(25,26)17-5-6-19-18(11-17)22-20(21(2,3)4)23(19)12-16-7-9-27-10-8-16;/h5-6,11,15-16,24H,7-10,12-14H2,1-4H3;1H. The van der Waals surface area contributed by atoms with Gasteiger partial charge in [0, 0.05) is 31.8 Å². The fourth-order valence-corrected chi connectivity index (χ4v) is 5.38. The molecule has 0 bridgehead atoms. The van der Waals surface area contributed by atoms with E-state index in [1.54, 1.807) is 19.1 Å². The topological polar surface area (TPSA) is 81.4 Å². The van der Waals surface area contributed by atoms with Crippen LogP contribution in [0.5, 0.6) is 0 Å². The van der Waals surface area contributed by atoms with Crippen LogP contribution in [0.2, 0.25) is 0 Å². The van der Waals surface area contributed by atoms with Crippen molar-refractivity contribution in [3.05, 3.63) is 24.0 Å². The minimum Gasteiger partial charge on any atom is -0.396 e. The van der Waals surface area contributed by atoms with Crippen molar-refractivity contribution in [1.29, 1.82) is 0 Å². The number of aromatic nitrogens is 2. The Morgan fingerprint density at radius 1 is 1.28 bits per heavy atom. The molecule has 2 heterocycles. The molecule has 1 atom stereocenters. The molecule has 6 nitrogen and oxygen atoms in total. The van der Waals surface area contributed by atoms with Gasteiger partial charge >= 0.3 is 0 Å². The number of imidazole rings is 1. The number of aliphatic hydroxyl groups excluding tert-OH is 1. The highest BCUT2D eigenvalue weighted by molar-refractivity contribution is 7.91. The third-order valence-corrected chi connectivity index (χ3v) is 7.33. The Labute approximate surface area is 180 Å². The van der Waals surface area contributed by atoms with E-state index >= 15 is 0 Å². The molecule has 1 fully saturated rings. The van der Waals surface area contributed by atoms with E-state index in [1.165, 1.54) is 0 Å². The summed E-state index contributed by atoms with van der Waals surface area (Å²) in [5.41, 5.74) is 1.55. The molecule has 1 saturated heterocycles. The number of hydrogen-bond acceptors (Lipinski definition) is 5. The molecule has 2 aromatic rings. The lowest BCUT2D eigenvalue weighted by atomic mass is 9.94. The molecule has 1 N–H and O–H groups in total. The van der Waals surface area contributed by atoms with Crippen LogP contribution in [0.1, 0.15) is 46.4 Å². The van der Waals surface area contributed by atoms with Crippen LogP contribution in [0.25, 0.3) is 11.0 Å². The summed E-state index contributed by atoms with van der Waals surface area (Å²) >= 11 is 0. The van der Waals surface area contributed by atoms with Gasteiger partial charge in [-0.2, -0.15) is 0 Å². The number of ether oxygens (including phenoxy) is 1. The molecule has 0 amide bonds. The first-order chi connectivity index (χ1) is 13.1. The molecule has 164 valence electrons. The zero-order valence-corrected chi connectivity index (χ0v) is 19.4. The summed E-state index contributed by atoms with van der Waals surface area (Å²) in [6.45, 7) is 10.5. The van der Waals surface area contributed by atoms with Gasteiger partial charge in [0.1, 0.15) is 5.82 Å². The lowest BCUT2D eigenvalue weighted by Gasteiger charge is -2.26. The molecular formula is C21H33ClN2O4S. The van der Waals surface area contributed by atoms with Crippen LogP contribution in [0.4, 0.5) is 0 Å². The van der Waals surface area contributed by atoms with E-state index in [2.05, 4.69) is 25.3 Å². The Balaban J connectivity index is 0.00000300. The van der Waals surface area contributed by atoms with E-state index in [0.717, 1.165) is 49.5 Å². The number of sulfone groups is 1. The number of hydrogen-bond donors (Lipinski definition) is 1. The first kappa shape index (κ1) is 24.1. The second kappa shape index (κ2) is 9.33. The van der Waals surface area contributed by atoms with Crippen molar-refractivity contribution < 1.29 is 18.3 Å². The van der Waals surface area contributed by atoms with Gasteiger partial charge in [-0.3, -0.25) is 0 Å². The van der Waals surface area contributed by atoms with Gasteiger partial charge in [0.2, 0.25) is 0 Å². The molecule has 0 radical (unpaired) electrons. The molecule has 0 saturated carbocycles. The number of nitrogens with zero attached hydrogens (tertiary/aromatic N) is 2. The average Bonchev–Trinajstić information content (AvgIpc) is 3.00. The SMILES string of the molecule is CC(CO)CS(=O)(=O)c1ccc2c(c1)nc(C(C)(C)C)n2CC1CCOCC1.Cl. The number of halogens is 1. The molecule has 0 spiro atoms. The van der Waals surface area contributed by atoms with Gasteiger partial charge in [-0.15, -0.1) is 12.4 Å². The van der Waals surface area contributed by atoms with Crippen molar-refractivity contribution in [1.82, 2.24) is 9.55 Å². The van der Waals surface area contributed by atoms with Gasteiger partial charge < -0.3 is 14.4 Å². The van der Waals surface area contributed by atoms with E-state index in [-0.39, 0.29) is 41.0 Å². The molecule has 29 heavy (non-hydrogen) atoms. The summed E-state index contributed by atoms with van der Waals surface area (Å²) in [6.07, 6.45) is 2.07. The second-order valence-corrected chi connectivity index (χ2v) is 11.1. The van der Waals surface area contributed by atoms with Gasteiger partial charge in [-0.1, -0.05) is 27.7 Å². The maximum Gasteiger partial charge on any atom is 0.178 e. The van der Waals surface area contributed by atoms with Crippen molar-refractivity contribution in [3.63, 3.8) is 0 Å². The van der Waals surface area contributed by atoms with E-state index in [0.29, 0.717) is 5.92 Å². The Morgan fingerprint density at radius 3 is 2.52 bits per heavy atom. The van der Waals surface area contributed by atoms with Crippen LogP contribution in [-0.4, -0.2) is 48.6 Å². The zero-order valence-electron chi connectivity index (χ0n) is 17.7. The Hall–Kier alpha value is -1.15. The Kier molecular flexibility index (Phi) is 7.76. The maximum atomic E-state index is 12.7. The van der Waals surface area contributed by atoms with Crippen molar-refractivity contribution in [2.75, 3.05) is 25.6 Å². The number of rotatable bonds is 6. The largest absolute Gasteiger partial charge is 0.396 e. The fourth-order valence-electron chi connectivity index (χ4n) is 3.77. The van der Waals surface area contributed by atoms with Crippen molar-refractivity contribution in [2.24, 2.45) is 11.8 Å². The molecule has 1 aromatic heterocycles. The first-order valence-electron chi connectivity index (χ1n) is 10.0. The predicted molar refractivity (Wildman–Crippen MR) is 118 cm³/mol. The number of fused-ring (bicyclic) bond motifs is 1. The molecule has 1 aromatic carbocycles. The van der Waals surface area contributed by atoms with Gasteiger partial charge in [0.05, 0.1) is 21.7 Å². The van der Waals surface area contributed by atoms with Crippen LogP contribution in [0.15, 0.2) is 23.1 Å². The van der Waals surface area contributed by atoms with Crippen molar-refractivity contribution in [3.8, 4) is 0 Å². The maximum absolute atomic E-state index is 12.7. The van der Waals surface area contributed by atoms with E-state index < -0.39 is 9.84 Å². The van der Waals surface area contributed by atoms with Crippen molar-refractivity contribution in [2.45, 2.75) is 57.4 Å². The lowest BCUT2D eigenvalue weighted by Crippen LogP contribution is -2.25. The highest BCUT2D eigenvalue weighted by atomic mass is 35.5. The molecule has 1 aliphatic rings. The van der Waals surface area contributed by atoms with Crippen LogP contribution in [-0.2, 0) is 26.5 Å². The molecule has 3 rings (SSSR count). The fraction of sp³-hybridized carbons (Fsp3) is 0.667. The van der Waals surface area contributed by atoms with Crippen LogP contribution in [0.3, 0.4) is 0 Å². The van der Waals surface area contributed by atoms with Gasteiger partial charge in [0.15, 0.2) is 9.84 Å². The lowest BCUT2D eigenvalue weighted by molar-refractivity contribution is 0.0611. The Morgan fingerprint density at radius 2 is 1.93 bits per heavy atom. The highest BCUT2D eigenvalue weighted by Gasteiger charge is 2.26. The summed E-state index contributed by atoms with van der Waals surface area (Å²) < 4.78 is 33.1. The summed E-state index contributed by atoms with van der Waals surface area (Å²) in [7, 11) is -3.46. The number of aliphatic hydroxyl groups is 1. The predicted octanol–water partition coefficient (Wildman–Crippen LogP) is 3.58. The minimum atomic E-state index is -3.46. The highest BCUT2D eigenvalue weighted by Crippen LogP contribution is 2.30. The van der Waals surface area contributed by atoms with Gasteiger partial charge in [-0.05, 0) is 42.9 Å².